The van der Waals surface area contributed by atoms with Crippen LogP contribution in [0.2, 0.25) is 0 Å². The second-order valence-corrected chi connectivity index (χ2v) is 7.86. The first-order valence-electron chi connectivity index (χ1n) is 9.04. The van der Waals surface area contributed by atoms with Crippen LogP contribution in [0, 0.1) is 0 Å². The van der Waals surface area contributed by atoms with Gasteiger partial charge in [-0.05, 0) is 19.3 Å². The van der Waals surface area contributed by atoms with Crippen LogP contribution in [-0.4, -0.2) is 67.5 Å². The number of aromatic nitrogens is 4. The number of fused-ring (bicyclic) bond motifs is 1. The maximum absolute atomic E-state index is 12.7. The first-order chi connectivity index (χ1) is 12.6. The maximum Gasteiger partial charge on any atom is 0.293 e. The molecule has 2 aromatic rings. The number of likely N-dealkylation sites (tertiary alicyclic amines) is 1. The number of nitrogens with zero attached hydrogens (tertiary/aromatic N) is 6. The number of thiazole rings is 1. The van der Waals surface area contributed by atoms with E-state index in [1.165, 1.54) is 28.8 Å². The summed E-state index contributed by atoms with van der Waals surface area (Å²) in [4.78, 5) is 38.7. The predicted molar refractivity (Wildman–Crippen MR) is 96.2 cm³/mol. The molecule has 9 heteroatoms. The summed E-state index contributed by atoms with van der Waals surface area (Å²) in [5.41, 5.74) is 0.958. The lowest BCUT2D eigenvalue weighted by atomic mass is 10.1. The summed E-state index contributed by atoms with van der Waals surface area (Å²) in [7, 11) is 1.74. The molecule has 0 unspecified atom stereocenters. The molecule has 1 saturated heterocycles. The van der Waals surface area contributed by atoms with E-state index in [1.54, 1.807) is 11.9 Å². The van der Waals surface area contributed by atoms with E-state index in [2.05, 4.69) is 15.1 Å². The molecule has 0 N–H and O–H groups in total. The minimum atomic E-state index is -0.148. The molecule has 26 heavy (non-hydrogen) atoms. The third-order valence-electron chi connectivity index (χ3n) is 4.91. The van der Waals surface area contributed by atoms with Crippen molar-refractivity contribution in [3.8, 4) is 0 Å². The number of hydrogen-bond acceptors (Lipinski definition) is 6. The molecule has 0 radical (unpaired) electrons. The second-order valence-electron chi connectivity index (χ2n) is 6.78. The standard InChI is InChI=1S/C17H22N6O2S/c1-21-11-18-14(20-21)16(24)23-9-5-12-13(6-10-23)26-15(19-12)17(25)22-7-3-2-4-8-22/h11H,2-10H2,1H3. The van der Waals surface area contributed by atoms with Crippen LogP contribution in [-0.2, 0) is 19.9 Å². The Kier molecular flexibility index (Phi) is 4.71. The zero-order valence-corrected chi connectivity index (χ0v) is 15.7. The maximum atomic E-state index is 12.7. The van der Waals surface area contributed by atoms with Crippen LogP contribution in [0.5, 0.6) is 0 Å². The van der Waals surface area contributed by atoms with E-state index in [4.69, 9.17) is 0 Å². The fourth-order valence-corrected chi connectivity index (χ4v) is 4.53. The molecule has 0 saturated carbocycles. The molecule has 0 aromatic carbocycles. The number of hydrogen-bond donors (Lipinski definition) is 0. The van der Waals surface area contributed by atoms with Crippen LogP contribution in [0.1, 0.15) is 50.3 Å². The van der Waals surface area contributed by atoms with Crippen molar-refractivity contribution in [2.45, 2.75) is 32.1 Å². The summed E-state index contributed by atoms with van der Waals surface area (Å²) in [5.74, 6) is 0.144. The fourth-order valence-electron chi connectivity index (χ4n) is 3.47. The number of carbonyl (C=O) groups is 2. The van der Waals surface area contributed by atoms with Gasteiger partial charge >= 0.3 is 0 Å². The van der Waals surface area contributed by atoms with Crippen molar-refractivity contribution in [3.05, 3.63) is 27.7 Å². The van der Waals surface area contributed by atoms with Gasteiger partial charge in [-0.15, -0.1) is 16.4 Å². The summed E-state index contributed by atoms with van der Waals surface area (Å²) >= 11 is 1.49. The molecule has 0 spiro atoms. The van der Waals surface area contributed by atoms with E-state index in [0.29, 0.717) is 24.5 Å². The molecule has 2 amide bonds. The lowest BCUT2D eigenvalue weighted by Gasteiger charge is -2.25. The molecule has 4 rings (SSSR count). The molecule has 8 nitrogen and oxygen atoms in total. The topological polar surface area (TPSA) is 84.2 Å². The highest BCUT2D eigenvalue weighted by molar-refractivity contribution is 7.13. The van der Waals surface area contributed by atoms with E-state index < -0.39 is 0 Å². The van der Waals surface area contributed by atoms with Gasteiger partial charge in [0.15, 0.2) is 5.01 Å². The quantitative estimate of drug-likeness (QED) is 0.787. The molecule has 2 aliphatic rings. The molecule has 2 aromatic heterocycles. The van der Waals surface area contributed by atoms with Crippen LogP contribution in [0.3, 0.4) is 0 Å². The highest BCUT2D eigenvalue weighted by Crippen LogP contribution is 2.25. The number of rotatable bonds is 2. The number of carbonyl (C=O) groups excluding carboxylic acids is 2. The summed E-state index contributed by atoms with van der Waals surface area (Å²) in [6.45, 7) is 2.85. The Morgan fingerprint density at radius 3 is 2.46 bits per heavy atom. The summed E-state index contributed by atoms with van der Waals surface area (Å²) in [5, 5.41) is 4.69. The number of piperidine rings is 1. The van der Waals surface area contributed by atoms with Crippen molar-refractivity contribution in [1.82, 2.24) is 29.5 Å². The average molecular weight is 374 g/mol. The third kappa shape index (κ3) is 3.35. The normalized spacial score (nSPS) is 17.7. The third-order valence-corrected chi connectivity index (χ3v) is 6.06. The van der Waals surface area contributed by atoms with Crippen molar-refractivity contribution < 1.29 is 9.59 Å². The molecule has 0 bridgehead atoms. The molecular formula is C17H22N6O2S. The summed E-state index contributed by atoms with van der Waals surface area (Å²) in [6.07, 6.45) is 6.27. The SMILES string of the molecule is Cn1cnc(C(=O)N2CCc3nc(C(=O)N4CCCCC4)sc3CC2)n1. The summed E-state index contributed by atoms with van der Waals surface area (Å²) in [6, 6.07) is 0. The van der Waals surface area contributed by atoms with Crippen molar-refractivity contribution >= 4 is 23.2 Å². The van der Waals surface area contributed by atoms with Gasteiger partial charge in [-0.1, -0.05) is 0 Å². The Morgan fingerprint density at radius 1 is 1.00 bits per heavy atom. The molecule has 1 fully saturated rings. The molecule has 2 aliphatic heterocycles. The largest absolute Gasteiger partial charge is 0.337 e. The van der Waals surface area contributed by atoms with Crippen LogP contribution in [0.25, 0.3) is 0 Å². The van der Waals surface area contributed by atoms with Crippen molar-refractivity contribution in [1.29, 1.82) is 0 Å². The first-order valence-corrected chi connectivity index (χ1v) is 9.86. The van der Waals surface area contributed by atoms with Gasteiger partial charge in [-0.3, -0.25) is 14.3 Å². The van der Waals surface area contributed by atoms with Crippen LogP contribution in [0.4, 0.5) is 0 Å². The average Bonchev–Trinajstić information content (AvgIpc) is 3.23. The van der Waals surface area contributed by atoms with Crippen LogP contribution < -0.4 is 0 Å². The lowest BCUT2D eigenvalue weighted by molar-refractivity contribution is 0.0720. The smallest absolute Gasteiger partial charge is 0.293 e. The van der Waals surface area contributed by atoms with E-state index in [9.17, 15) is 9.59 Å². The highest BCUT2D eigenvalue weighted by atomic mass is 32.1. The van der Waals surface area contributed by atoms with E-state index in [-0.39, 0.29) is 17.6 Å². The Bertz CT molecular complexity index is 798. The van der Waals surface area contributed by atoms with Gasteiger partial charge < -0.3 is 9.80 Å². The Hall–Kier alpha value is -2.29. The van der Waals surface area contributed by atoms with Gasteiger partial charge in [0.1, 0.15) is 6.33 Å². The van der Waals surface area contributed by atoms with Gasteiger partial charge in [-0.25, -0.2) is 9.97 Å². The van der Waals surface area contributed by atoms with Crippen molar-refractivity contribution in [2.75, 3.05) is 26.2 Å². The zero-order chi connectivity index (χ0) is 18.1. The first kappa shape index (κ1) is 17.1. The molecule has 0 aliphatic carbocycles. The van der Waals surface area contributed by atoms with Gasteiger partial charge in [0.25, 0.3) is 11.8 Å². The van der Waals surface area contributed by atoms with E-state index in [1.807, 2.05) is 4.90 Å². The van der Waals surface area contributed by atoms with E-state index >= 15 is 0 Å². The van der Waals surface area contributed by atoms with Gasteiger partial charge in [-0.2, -0.15) is 0 Å². The van der Waals surface area contributed by atoms with Crippen LogP contribution in [0.15, 0.2) is 6.33 Å². The Labute approximate surface area is 155 Å². The monoisotopic (exact) mass is 374 g/mol. The fraction of sp³-hybridized carbons (Fsp3) is 0.588. The number of amides is 2. The second kappa shape index (κ2) is 7.14. The minimum Gasteiger partial charge on any atom is -0.337 e. The van der Waals surface area contributed by atoms with Gasteiger partial charge in [0.05, 0.1) is 5.69 Å². The van der Waals surface area contributed by atoms with E-state index in [0.717, 1.165) is 42.9 Å². The van der Waals surface area contributed by atoms with Crippen molar-refractivity contribution in [2.24, 2.45) is 7.05 Å². The Morgan fingerprint density at radius 2 is 1.73 bits per heavy atom. The minimum absolute atomic E-state index is 0.0633. The predicted octanol–water partition coefficient (Wildman–Crippen LogP) is 1.14. The van der Waals surface area contributed by atoms with Crippen LogP contribution >= 0.6 is 11.3 Å². The lowest BCUT2D eigenvalue weighted by Crippen LogP contribution is -2.35. The summed E-state index contributed by atoms with van der Waals surface area (Å²) < 4.78 is 1.53. The van der Waals surface area contributed by atoms with Gasteiger partial charge in [0, 0.05) is 50.9 Å². The number of aryl methyl sites for hydroxylation is 1. The molecule has 4 heterocycles. The Balaban J connectivity index is 1.44. The van der Waals surface area contributed by atoms with Gasteiger partial charge in [0.2, 0.25) is 5.82 Å². The molecule has 138 valence electrons. The molecule has 0 atom stereocenters. The van der Waals surface area contributed by atoms with Crippen molar-refractivity contribution in [3.63, 3.8) is 0 Å². The highest BCUT2D eigenvalue weighted by Gasteiger charge is 2.27. The molecular weight excluding hydrogens is 352 g/mol. The zero-order valence-electron chi connectivity index (χ0n) is 14.8.